The van der Waals surface area contributed by atoms with Gasteiger partial charge in [0.1, 0.15) is 0 Å². The van der Waals surface area contributed by atoms with E-state index in [9.17, 15) is 0 Å². The number of methoxy groups -OCH3 is 1. The van der Waals surface area contributed by atoms with Crippen molar-refractivity contribution in [3.8, 4) is 0 Å². The SMILES string of the molecule is CCNC(=NCc1ccc(NCCOC)cc1)NCc1ccc(C)cc1. The zero-order valence-electron chi connectivity index (χ0n) is 16.0. The molecule has 0 aliphatic carbocycles. The minimum atomic E-state index is 0.640. The van der Waals surface area contributed by atoms with E-state index in [4.69, 9.17) is 4.74 Å². The first kappa shape index (κ1) is 19.8. The van der Waals surface area contributed by atoms with Crippen LogP contribution in [0.25, 0.3) is 0 Å². The second kappa shape index (κ2) is 11.2. The first-order chi connectivity index (χ1) is 12.7. The van der Waals surface area contributed by atoms with Gasteiger partial charge in [0.2, 0.25) is 0 Å². The number of hydrogen-bond donors (Lipinski definition) is 3. The van der Waals surface area contributed by atoms with Crippen LogP contribution in [-0.2, 0) is 17.8 Å². The second-order valence-electron chi connectivity index (χ2n) is 6.15. The molecular weight excluding hydrogens is 324 g/mol. The Kier molecular flexibility index (Phi) is 8.49. The number of nitrogens with one attached hydrogen (secondary N) is 3. The molecule has 2 aromatic rings. The van der Waals surface area contributed by atoms with E-state index in [0.29, 0.717) is 13.2 Å². The van der Waals surface area contributed by atoms with E-state index >= 15 is 0 Å². The standard InChI is InChI=1S/C21H30N4O/c1-4-22-21(24-15-18-7-5-17(2)6-8-18)25-16-19-9-11-20(12-10-19)23-13-14-26-3/h5-12,23H,4,13-16H2,1-3H3,(H2,22,24,25). The molecule has 0 aliphatic rings. The molecule has 2 rings (SSSR count). The summed E-state index contributed by atoms with van der Waals surface area (Å²) in [5.74, 6) is 0.829. The van der Waals surface area contributed by atoms with Gasteiger partial charge in [-0.15, -0.1) is 0 Å². The highest BCUT2D eigenvalue weighted by molar-refractivity contribution is 5.79. The number of nitrogens with zero attached hydrogens (tertiary/aromatic N) is 1. The van der Waals surface area contributed by atoms with Gasteiger partial charge in [0, 0.05) is 32.4 Å². The van der Waals surface area contributed by atoms with Crippen molar-refractivity contribution < 1.29 is 4.74 Å². The fourth-order valence-corrected chi connectivity index (χ4v) is 2.43. The molecule has 0 atom stereocenters. The molecule has 0 bridgehead atoms. The molecule has 0 fully saturated rings. The quantitative estimate of drug-likeness (QED) is 0.367. The molecule has 0 amide bonds. The number of anilines is 1. The van der Waals surface area contributed by atoms with E-state index in [-0.39, 0.29) is 0 Å². The van der Waals surface area contributed by atoms with Crippen LogP contribution in [0.5, 0.6) is 0 Å². The largest absolute Gasteiger partial charge is 0.383 e. The van der Waals surface area contributed by atoms with Crippen molar-refractivity contribution in [2.24, 2.45) is 4.99 Å². The smallest absolute Gasteiger partial charge is 0.191 e. The second-order valence-corrected chi connectivity index (χ2v) is 6.15. The summed E-state index contributed by atoms with van der Waals surface area (Å²) in [5.41, 5.74) is 4.79. The molecule has 0 spiro atoms. The van der Waals surface area contributed by atoms with Gasteiger partial charge in [-0.05, 0) is 37.1 Å². The molecule has 0 aromatic heterocycles. The van der Waals surface area contributed by atoms with Crippen molar-refractivity contribution in [3.05, 3.63) is 65.2 Å². The van der Waals surface area contributed by atoms with Crippen LogP contribution in [0.4, 0.5) is 5.69 Å². The first-order valence-electron chi connectivity index (χ1n) is 9.10. The van der Waals surface area contributed by atoms with Crippen molar-refractivity contribution in [1.29, 1.82) is 0 Å². The summed E-state index contributed by atoms with van der Waals surface area (Å²) >= 11 is 0. The number of guanidine groups is 1. The van der Waals surface area contributed by atoms with Gasteiger partial charge in [0.05, 0.1) is 13.2 Å². The molecule has 0 heterocycles. The minimum absolute atomic E-state index is 0.640. The molecule has 2 aromatic carbocycles. The van der Waals surface area contributed by atoms with Crippen LogP contribution in [0.15, 0.2) is 53.5 Å². The maximum Gasteiger partial charge on any atom is 0.191 e. The molecular formula is C21H30N4O. The Morgan fingerprint density at radius 3 is 2.31 bits per heavy atom. The third kappa shape index (κ3) is 7.15. The highest BCUT2D eigenvalue weighted by Crippen LogP contribution is 2.10. The molecule has 3 N–H and O–H groups in total. The van der Waals surface area contributed by atoms with Crippen LogP contribution in [0.3, 0.4) is 0 Å². The average Bonchev–Trinajstić information content (AvgIpc) is 2.66. The number of benzene rings is 2. The maximum absolute atomic E-state index is 5.04. The fourth-order valence-electron chi connectivity index (χ4n) is 2.43. The third-order valence-electron chi connectivity index (χ3n) is 3.93. The Morgan fingerprint density at radius 2 is 1.65 bits per heavy atom. The Hall–Kier alpha value is -2.53. The summed E-state index contributed by atoms with van der Waals surface area (Å²) in [4.78, 5) is 4.68. The summed E-state index contributed by atoms with van der Waals surface area (Å²) in [6.07, 6.45) is 0. The molecule has 0 saturated heterocycles. The van der Waals surface area contributed by atoms with Gasteiger partial charge < -0.3 is 20.7 Å². The summed E-state index contributed by atoms with van der Waals surface area (Å²) in [5, 5.41) is 9.99. The van der Waals surface area contributed by atoms with Crippen LogP contribution >= 0.6 is 0 Å². The molecule has 0 unspecified atom stereocenters. The normalized spacial score (nSPS) is 11.3. The Bertz CT molecular complexity index is 665. The number of rotatable bonds is 9. The lowest BCUT2D eigenvalue weighted by Crippen LogP contribution is -2.36. The molecule has 140 valence electrons. The van der Waals surface area contributed by atoms with E-state index in [0.717, 1.165) is 31.3 Å². The Balaban J connectivity index is 1.88. The van der Waals surface area contributed by atoms with Crippen molar-refractivity contribution in [3.63, 3.8) is 0 Å². The summed E-state index contributed by atoms with van der Waals surface area (Å²) < 4.78 is 5.04. The minimum Gasteiger partial charge on any atom is -0.383 e. The van der Waals surface area contributed by atoms with Crippen molar-refractivity contribution in [2.75, 3.05) is 32.1 Å². The third-order valence-corrected chi connectivity index (χ3v) is 3.93. The van der Waals surface area contributed by atoms with Gasteiger partial charge in [0.25, 0.3) is 0 Å². The van der Waals surface area contributed by atoms with Crippen LogP contribution in [0.2, 0.25) is 0 Å². The lowest BCUT2D eigenvalue weighted by Gasteiger charge is -2.12. The molecule has 5 heteroatoms. The number of ether oxygens (including phenoxy) is 1. The van der Waals surface area contributed by atoms with Crippen molar-refractivity contribution in [2.45, 2.75) is 26.9 Å². The Morgan fingerprint density at radius 1 is 0.962 bits per heavy atom. The number of hydrogen-bond acceptors (Lipinski definition) is 3. The van der Waals surface area contributed by atoms with Crippen molar-refractivity contribution >= 4 is 11.6 Å². The van der Waals surface area contributed by atoms with Gasteiger partial charge >= 0.3 is 0 Å². The lowest BCUT2D eigenvalue weighted by molar-refractivity contribution is 0.211. The van der Waals surface area contributed by atoms with E-state index in [1.165, 1.54) is 16.7 Å². The van der Waals surface area contributed by atoms with Gasteiger partial charge in [-0.1, -0.05) is 42.0 Å². The van der Waals surface area contributed by atoms with Crippen LogP contribution < -0.4 is 16.0 Å². The van der Waals surface area contributed by atoms with Crippen LogP contribution in [-0.4, -0.2) is 32.8 Å². The zero-order valence-corrected chi connectivity index (χ0v) is 16.0. The van der Waals surface area contributed by atoms with Gasteiger partial charge in [-0.2, -0.15) is 0 Å². The molecule has 5 nitrogen and oxygen atoms in total. The fraction of sp³-hybridized carbons (Fsp3) is 0.381. The van der Waals surface area contributed by atoms with Gasteiger partial charge in [0.15, 0.2) is 5.96 Å². The van der Waals surface area contributed by atoms with E-state index in [2.05, 4.69) is 83.3 Å². The predicted octanol–water partition coefficient (Wildman–Crippen LogP) is 3.31. The zero-order chi connectivity index (χ0) is 18.6. The van der Waals surface area contributed by atoms with Gasteiger partial charge in [-0.3, -0.25) is 0 Å². The number of aryl methyl sites for hydroxylation is 1. The molecule has 26 heavy (non-hydrogen) atoms. The maximum atomic E-state index is 5.04. The van der Waals surface area contributed by atoms with Crippen LogP contribution in [0.1, 0.15) is 23.6 Å². The molecule has 0 aliphatic heterocycles. The number of aliphatic imine (C=N–C) groups is 1. The highest BCUT2D eigenvalue weighted by atomic mass is 16.5. The van der Waals surface area contributed by atoms with E-state index < -0.39 is 0 Å². The van der Waals surface area contributed by atoms with E-state index in [1.807, 2.05) is 0 Å². The molecule has 0 radical (unpaired) electrons. The average molecular weight is 354 g/mol. The summed E-state index contributed by atoms with van der Waals surface area (Å²) in [6.45, 7) is 7.91. The van der Waals surface area contributed by atoms with Crippen LogP contribution in [0, 0.1) is 6.92 Å². The first-order valence-corrected chi connectivity index (χ1v) is 9.10. The Labute approximate surface area is 156 Å². The highest BCUT2D eigenvalue weighted by Gasteiger charge is 1.99. The predicted molar refractivity (Wildman–Crippen MR) is 110 cm³/mol. The van der Waals surface area contributed by atoms with Crippen molar-refractivity contribution in [1.82, 2.24) is 10.6 Å². The van der Waals surface area contributed by atoms with E-state index in [1.54, 1.807) is 7.11 Å². The summed E-state index contributed by atoms with van der Waals surface area (Å²) in [7, 11) is 1.71. The molecule has 0 saturated carbocycles. The summed E-state index contributed by atoms with van der Waals surface area (Å²) in [6, 6.07) is 16.9. The van der Waals surface area contributed by atoms with Gasteiger partial charge in [-0.25, -0.2) is 4.99 Å². The lowest BCUT2D eigenvalue weighted by atomic mass is 10.1. The topological polar surface area (TPSA) is 57.7 Å². The monoisotopic (exact) mass is 354 g/mol.